The number of ether oxygens (including phenoxy) is 5. The highest BCUT2D eigenvalue weighted by Crippen LogP contribution is 2.30. The van der Waals surface area contributed by atoms with Crippen LogP contribution in [0.3, 0.4) is 0 Å². The second-order valence-corrected chi connectivity index (χ2v) is 27.6. The number of aliphatic hydroxyl groups excluding tert-OH is 1. The maximum absolute atomic E-state index is 15.2. The number of nitrogens with one attached hydrogen (secondary N) is 3. The predicted molar refractivity (Wildman–Crippen MR) is 343 cm³/mol. The summed E-state index contributed by atoms with van der Waals surface area (Å²) in [6, 6.07) is 2.96. The van der Waals surface area contributed by atoms with Crippen LogP contribution in [-0.4, -0.2) is 208 Å². The molecule has 1 aromatic heterocycles. The predicted octanol–water partition coefficient (Wildman–Crippen LogP) is 5.31. The highest BCUT2D eigenvalue weighted by Gasteiger charge is 2.46. The summed E-state index contributed by atoms with van der Waals surface area (Å²) in [6.07, 6.45) is -4.78. The second kappa shape index (κ2) is 35.9. The van der Waals surface area contributed by atoms with Crippen LogP contribution in [0, 0.1) is 29.6 Å². The lowest BCUT2D eigenvalue weighted by atomic mass is 9.91. The molecule has 0 spiro atoms. The molecule has 27 heteroatoms. The molecule has 2 aromatic rings. The number of hydrogen-bond acceptors (Lipinski definition) is 20. The molecule has 3 aliphatic heterocycles. The van der Waals surface area contributed by atoms with E-state index >= 15 is 19.2 Å². The van der Waals surface area contributed by atoms with Crippen molar-refractivity contribution in [3.05, 3.63) is 54.2 Å². The maximum Gasteiger partial charge on any atom is 0.509 e. The van der Waals surface area contributed by atoms with Crippen molar-refractivity contribution in [1.29, 1.82) is 0 Å². The molecule has 0 bridgehead atoms. The van der Waals surface area contributed by atoms with Crippen LogP contribution in [0.1, 0.15) is 133 Å². The standard InChI is InChI=1S/C65H96N8O17S2/c1-15-39(8)53-50(74)35-52(75)90-56(38(6)7)55(76)40(9)57(77)67-45(32-36(2)3)61(81)73-29-19-21-47(73)63(83)71(13)49(34-43-23-25-44(86-14)26-24-43)64(84)88-41(10)54(59(79)68-53)69-58(78)48(33-37(4)5)70(12)62(82)46-20-18-28-72(46)60(80)42(11)89-65(85)87-30-31-91-92-51-22-16-17-27-66-51/h16-17,22-27,36-42,45-50,53-54,56,74H,15,18-21,28-35H2,1-14H3,(H,67,77)(H,68,79)(H,69,78)/t39-,40-,41+,42?,45-,46+,47-,48-,49-,50-,53+,54-,56-/m0/s1. The van der Waals surface area contributed by atoms with Gasteiger partial charge < -0.3 is 64.3 Å². The molecular weight excluding hydrogens is 1230 g/mol. The highest BCUT2D eigenvalue weighted by molar-refractivity contribution is 8.76. The number of likely N-dealkylation sites (tertiary alicyclic amines) is 1. The Hall–Kier alpha value is -7.00. The van der Waals surface area contributed by atoms with Crippen LogP contribution < -0.4 is 20.7 Å². The molecule has 1 aromatic carbocycles. The smallest absolute Gasteiger partial charge is 0.497 e. The lowest BCUT2D eigenvalue weighted by Crippen LogP contribution is -2.62. The summed E-state index contributed by atoms with van der Waals surface area (Å²) in [7, 11) is 7.08. The zero-order chi connectivity index (χ0) is 68.3. The van der Waals surface area contributed by atoms with E-state index in [1.807, 2.05) is 39.8 Å². The normalized spacial score (nSPS) is 25.3. The quantitative estimate of drug-likeness (QED) is 0.0404. The SMILES string of the molecule is CC[C@H](C)[C@H]1NC(=O)[C@@H](NC(=O)[C@H](CC(C)C)N(C)C(=O)[C@H]2CCCN2C(=O)C(C)OC(=O)OCCSSc2ccccn2)[C@@H](C)OC(=O)[C@H](Cc2ccc(OC)cc2)N(C)C(=O)[C@@H]2CCCN2C(=O)[C@H](CC(C)C)NC(=O)[C@@H](C)C(=O)[C@H](C(C)C)OC(=O)C[C@@H]1O. The van der Waals surface area contributed by atoms with Gasteiger partial charge in [-0.2, -0.15) is 0 Å². The van der Waals surface area contributed by atoms with Gasteiger partial charge >= 0.3 is 18.1 Å². The van der Waals surface area contributed by atoms with Gasteiger partial charge in [-0.25, -0.2) is 14.6 Å². The fourth-order valence-corrected chi connectivity index (χ4v) is 13.1. The van der Waals surface area contributed by atoms with E-state index < -0.39 is 156 Å². The van der Waals surface area contributed by atoms with Crippen molar-refractivity contribution in [3.63, 3.8) is 0 Å². The number of rotatable bonds is 21. The van der Waals surface area contributed by atoms with Crippen molar-refractivity contribution in [2.24, 2.45) is 29.6 Å². The summed E-state index contributed by atoms with van der Waals surface area (Å²) in [5, 5.41) is 21.0. The topological polar surface area (TPSA) is 316 Å². The number of carbonyl (C=O) groups excluding carboxylic acids is 11. The van der Waals surface area contributed by atoms with Crippen LogP contribution in [0.25, 0.3) is 0 Å². The number of amides is 7. The molecule has 4 heterocycles. The number of benzene rings is 1. The van der Waals surface area contributed by atoms with Crippen LogP contribution in [0.15, 0.2) is 53.7 Å². The molecule has 5 rings (SSSR count). The summed E-state index contributed by atoms with van der Waals surface area (Å²) in [6.45, 7) is 18.3. The molecule has 13 atom stereocenters. The van der Waals surface area contributed by atoms with Gasteiger partial charge in [0, 0.05) is 45.6 Å². The fourth-order valence-electron chi connectivity index (χ4n) is 11.4. The number of fused-ring (bicyclic) bond motifs is 1. The number of aromatic nitrogens is 1. The summed E-state index contributed by atoms with van der Waals surface area (Å²) < 4.78 is 27.9. The van der Waals surface area contributed by atoms with Crippen LogP contribution >= 0.6 is 21.6 Å². The third-order valence-corrected chi connectivity index (χ3v) is 19.1. The number of cyclic esters (lactones) is 2. The van der Waals surface area contributed by atoms with E-state index in [0.717, 1.165) is 5.03 Å². The van der Waals surface area contributed by atoms with Gasteiger partial charge in [0.05, 0.1) is 31.6 Å². The number of methoxy groups -OCH3 is 1. The first-order valence-electron chi connectivity index (χ1n) is 31.8. The molecular formula is C65H96N8O17S2. The van der Waals surface area contributed by atoms with Gasteiger partial charge in [0.15, 0.2) is 18.0 Å². The molecule has 7 amide bonds. The largest absolute Gasteiger partial charge is 0.509 e. The first-order chi connectivity index (χ1) is 43.5. The Bertz CT molecular complexity index is 2870. The van der Waals surface area contributed by atoms with Crippen molar-refractivity contribution in [2.75, 3.05) is 46.7 Å². The Kier molecular flexibility index (Phi) is 29.5. The van der Waals surface area contributed by atoms with Gasteiger partial charge in [0.2, 0.25) is 35.4 Å². The maximum atomic E-state index is 15.2. The molecule has 1 unspecified atom stereocenters. The van der Waals surface area contributed by atoms with Crippen molar-refractivity contribution < 1.29 is 81.5 Å². The number of hydrogen-bond donors (Lipinski definition) is 4. The molecule has 3 fully saturated rings. The number of carbonyl (C=O) groups is 11. The molecule has 0 saturated carbocycles. The summed E-state index contributed by atoms with van der Waals surface area (Å²) in [4.78, 5) is 168. The van der Waals surface area contributed by atoms with Crippen molar-refractivity contribution >= 4 is 86.8 Å². The number of Topliss-reactive ketones (excluding diaryl/α,β-unsaturated/α-hetero) is 1. The molecule has 92 heavy (non-hydrogen) atoms. The lowest BCUT2D eigenvalue weighted by molar-refractivity contribution is -0.163. The monoisotopic (exact) mass is 1320 g/mol. The van der Waals surface area contributed by atoms with E-state index in [0.29, 0.717) is 36.3 Å². The van der Waals surface area contributed by atoms with Crippen LogP contribution in [0.5, 0.6) is 5.75 Å². The van der Waals surface area contributed by atoms with Gasteiger partial charge in [-0.15, -0.1) is 0 Å². The first kappa shape index (κ1) is 75.7. The second-order valence-electron chi connectivity index (χ2n) is 25.2. The first-order valence-corrected chi connectivity index (χ1v) is 34.2. The number of nitrogens with zero attached hydrogens (tertiary/aromatic N) is 5. The third-order valence-electron chi connectivity index (χ3n) is 16.9. The Balaban J connectivity index is 1.51. The van der Waals surface area contributed by atoms with Gasteiger partial charge in [-0.1, -0.05) is 90.8 Å². The molecule has 0 aliphatic carbocycles. The van der Waals surface area contributed by atoms with Crippen LogP contribution in [0.4, 0.5) is 4.79 Å². The number of likely N-dealkylation sites (N-methyl/N-ethyl adjacent to an activating group) is 2. The summed E-state index contributed by atoms with van der Waals surface area (Å²) in [5.41, 5.74) is 0.556. The molecule has 3 aliphatic rings. The van der Waals surface area contributed by atoms with Crippen LogP contribution in [-0.2, 0) is 73.3 Å². The molecule has 510 valence electrons. The van der Waals surface area contributed by atoms with Gasteiger partial charge in [-0.05, 0) is 124 Å². The van der Waals surface area contributed by atoms with E-state index in [9.17, 15) is 38.7 Å². The zero-order valence-corrected chi connectivity index (χ0v) is 57.2. The number of ketones is 1. The number of aliphatic hydroxyl groups is 1. The average Bonchev–Trinajstić information content (AvgIpc) is 1.52. The van der Waals surface area contributed by atoms with E-state index in [2.05, 4.69) is 20.9 Å². The Morgan fingerprint density at radius 1 is 0.870 bits per heavy atom. The van der Waals surface area contributed by atoms with Gasteiger partial charge in [0.25, 0.3) is 5.91 Å². The van der Waals surface area contributed by atoms with Gasteiger partial charge in [-0.3, -0.25) is 43.2 Å². The fraction of sp³-hybridized carbons (Fsp3) is 0.662. The minimum atomic E-state index is -1.81. The van der Waals surface area contributed by atoms with Crippen LogP contribution in [0.2, 0.25) is 0 Å². The Morgan fingerprint density at radius 2 is 1.55 bits per heavy atom. The van der Waals surface area contributed by atoms with Crippen molar-refractivity contribution in [3.8, 4) is 5.75 Å². The zero-order valence-electron chi connectivity index (χ0n) is 55.6. The Labute approximate surface area is 548 Å². The molecule has 4 N–H and O–H groups in total. The van der Waals surface area contributed by atoms with E-state index in [-0.39, 0.29) is 63.6 Å². The summed E-state index contributed by atoms with van der Waals surface area (Å²) in [5.74, 6) is -10.2. The van der Waals surface area contributed by atoms with Gasteiger partial charge in [0.1, 0.15) is 59.7 Å². The third kappa shape index (κ3) is 21.0. The average molecular weight is 1330 g/mol. The Morgan fingerprint density at radius 3 is 2.17 bits per heavy atom. The summed E-state index contributed by atoms with van der Waals surface area (Å²) >= 11 is 0. The van der Waals surface area contributed by atoms with Crippen molar-refractivity contribution in [2.45, 2.75) is 206 Å². The number of esters is 2. The lowest BCUT2D eigenvalue weighted by Gasteiger charge is -2.36. The molecule has 0 radical (unpaired) electrons. The minimum Gasteiger partial charge on any atom is -0.497 e. The minimum absolute atomic E-state index is 0.0158. The molecule has 3 saturated heterocycles. The van der Waals surface area contributed by atoms with E-state index in [1.54, 1.807) is 64.2 Å². The van der Waals surface area contributed by atoms with E-state index in [4.69, 9.17) is 23.7 Å². The van der Waals surface area contributed by atoms with Crippen molar-refractivity contribution in [1.82, 2.24) is 40.5 Å². The highest BCUT2D eigenvalue weighted by atomic mass is 33.1. The van der Waals surface area contributed by atoms with E-state index in [1.165, 1.54) is 83.2 Å². The number of pyridine rings is 1. The molecule has 25 nitrogen and oxygen atoms in total.